The molecule has 132 valence electrons. The quantitative estimate of drug-likeness (QED) is 0.560. The highest BCUT2D eigenvalue weighted by molar-refractivity contribution is 6.30. The van der Waals surface area contributed by atoms with Gasteiger partial charge in [-0.15, -0.1) is 0 Å². The van der Waals surface area contributed by atoms with E-state index in [1.54, 1.807) is 24.3 Å². The number of methoxy groups -OCH3 is 1. The summed E-state index contributed by atoms with van der Waals surface area (Å²) in [5.41, 5.74) is 2.26. The zero-order valence-electron chi connectivity index (χ0n) is 14.0. The van der Waals surface area contributed by atoms with Gasteiger partial charge >= 0.3 is 5.97 Å². The highest BCUT2D eigenvalue weighted by atomic mass is 35.5. The number of anilines is 1. The Hall–Kier alpha value is -2.37. The maximum absolute atomic E-state index is 11.9. The van der Waals surface area contributed by atoms with Crippen molar-refractivity contribution in [1.82, 2.24) is 5.32 Å². The molecule has 0 heterocycles. The Morgan fingerprint density at radius 1 is 1.08 bits per heavy atom. The van der Waals surface area contributed by atoms with Gasteiger partial charge in [0.15, 0.2) is 0 Å². The van der Waals surface area contributed by atoms with E-state index in [-0.39, 0.29) is 5.91 Å². The van der Waals surface area contributed by atoms with Crippen molar-refractivity contribution in [3.63, 3.8) is 0 Å². The number of halogens is 1. The molecule has 0 bridgehead atoms. The van der Waals surface area contributed by atoms with Crippen molar-refractivity contribution in [1.29, 1.82) is 0 Å². The first-order valence-corrected chi connectivity index (χ1v) is 8.39. The number of ether oxygens (including phenoxy) is 1. The van der Waals surface area contributed by atoms with Gasteiger partial charge in [-0.3, -0.25) is 4.79 Å². The maximum Gasteiger partial charge on any atom is 0.337 e. The number of nitrogens with one attached hydrogen (secondary N) is 2. The molecule has 6 heteroatoms. The lowest BCUT2D eigenvalue weighted by Gasteiger charge is -2.07. The van der Waals surface area contributed by atoms with E-state index in [0.29, 0.717) is 24.2 Å². The summed E-state index contributed by atoms with van der Waals surface area (Å²) in [7, 11) is 1.33. The van der Waals surface area contributed by atoms with Crippen LogP contribution in [0.5, 0.6) is 0 Å². The second-order valence-corrected chi connectivity index (χ2v) is 5.93. The Balaban J connectivity index is 1.66. The zero-order chi connectivity index (χ0) is 18.1. The van der Waals surface area contributed by atoms with Crippen LogP contribution in [-0.4, -0.2) is 32.1 Å². The number of rotatable bonds is 8. The van der Waals surface area contributed by atoms with E-state index in [1.165, 1.54) is 7.11 Å². The molecule has 0 unspecified atom stereocenters. The molecule has 2 rings (SSSR count). The number of hydrogen-bond acceptors (Lipinski definition) is 4. The van der Waals surface area contributed by atoms with Crippen LogP contribution in [-0.2, 0) is 16.0 Å². The van der Waals surface area contributed by atoms with Crippen molar-refractivity contribution < 1.29 is 14.3 Å². The maximum atomic E-state index is 11.9. The first kappa shape index (κ1) is 19.0. The normalized spacial score (nSPS) is 10.3. The van der Waals surface area contributed by atoms with Crippen LogP contribution in [0.2, 0.25) is 5.02 Å². The van der Waals surface area contributed by atoms with E-state index < -0.39 is 5.97 Å². The van der Waals surface area contributed by atoms with Gasteiger partial charge in [-0.1, -0.05) is 23.7 Å². The lowest BCUT2D eigenvalue weighted by atomic mass is 10.1. The molecule has 0 aliphatic carbocycles. The molecule has 0 atom stereocenters. The second kappa shape index (κ2) is 9.81. The summed E-state index contributed by atoms with van der Waals surface area (Å²) in [6.45, 7) is 1.37. The predicted molar refractivity (Wildman–Crippen MR) is 99.1 cm³/mol. The van der Waals surface area contributed by atoms with E-state index in [4.69, 9.17) is 11.6 Å². The molecule has 2 aromatic carbocycles. The monoisotopic (exact) mass is 360 g/mol. The first-order valence-electron chi connectivity index (χ1n) is 8.02. The highest BCUT2D eigenvalue weighted by Gasteiger charge is 2.06. The molecule has 0 saturated heterocycles. The summed E-state index contributed by atoms with van der Waals surface area (Å²) in [4.78, 5) is 23.3. The number of benzene rings is 2. The summed E-state index contributed by atoms with van der Waals surface area (Å²) in [6.07, 6.45) is 1.23. The molecule has 0 saturated carbocycles. The molecule has 0 fully saturated rings. The van der Waals surface area contributed by atoms with Crippen LogP contribution < -0.4 is 10.6 Å². The van der Waals surface area contributed by atoms with Crippen LogP contribution in [0.4, 0.5) is 5.69 Å². The van der Waals surface area contributed by atoms with E-state index in [9.17, 15) is 9.59 Å². The molecule has 5 nitrogen and oxygen atoms in total. The van der Waals surface area contributed by atoms with E-state index in [1.807, 2.05) is 24.3 Å². The molecule has 2 aromatic rings. The fourth-order valence-corrected chi connectivity index (χ4v) is 2.50. The minimum absolute atomic E-state index is 0.0823. The molecule has 2 N–H and O–H groups in total. The summed E-state index contributed by atoms with van der Waals surface area (Å²) in [6, 6.07) is 14.3. The van der Waals surface area contributed by atoms with Gasteiger partial charge in [0, 0.05) is 23.7 Å². The minimum Gasteiger partial charge on any atom is -0.465 e. The molecular formula is C19H21ClN2O3. The van der Waals surface area contributed by atoms with Gasteiger partial charge in [0.05, 0.1) is 12.7 Å². The number of esters is 1. The van der Waals surface area contributed by atoms with Crippen LogP contribution >= 0.6 is 11.6 Å². The predicted octanol–water partition coefficient (Wildman–Crippen LogP) is 3.29. The first-order chi connectivity index (χ1) is 12.1. The van der Waals surface area contributed by atoms with Gasteiger partial charge in [-0.2, -0.15) is 0 Å². The van der Waals surface area contributed by atoms with Crippen molar-refractivity contribution in [2.75, 3.05) is 25.5 Å². The van der Waals surface area contributed by atoms with E-state index in [0.717, 1.165) is 23.6 Å². The topological polar surface area (TPSA) is 67.4 Å². The Morgan fingerprint density at radius 2 is 1.84 bits per heavy atom. The number of amides is 1. The fourth-order valence-electron chi connectivity index (χ4n) is 2.28. The number of hydrogen-bond donors (Lipinski definition) is 2. The Labute approximate surface area is 152 Å². The third-order valence-corrected chi connectivity index (χ3v) is 3.83. The SMILES string of the molecule is COC(=O)c1ccc(NC(=O)CCNCCc2cccc(Cl)c2)cc1. The van der Waals surface area contributed by atoms with Crippen LogP contribution in [0.15, 0.2) is 48.5 Å². The van der Waals surface area contributed by atoms with Crippen molar-refractivity contribution in [2.45, 2.75) is 12.8 Å². The third kappa shape index (κ3) is 6.57. The minimum atomic E-state index is -0.401. The lowest BCUT2D eigenvalue weighted by molar-refractivity contribution is -0.116. The van der Waals surface area contributed by atoms with Gasteiger partial charge in [0.25, 0.3) is 0 Å². The molecule has 25 heavy (non-hydrogen) atoms. The van der Waals surface area contributed by atoms with Crippen LogP contribution in [0.1, 0.15) is 22.3 Å². The van der Waals surface area contributed by atoms with Crippen molar-refractivity contribution in [3.8, 4) is 0 Å². The van der Waals surface area contributed by atoms with Crippen LogP contribution in [0.3, 0.4) is 0 Å². The fraction of sp³-hybridized carbons (Fsp3) is 0.263. The molecule has 0 aromatic heterocycles. The van der Waals surface area contributed by atoms with Crippen LogP contribution in [0.25, 0.3) is 0 Å². The summed E-state index contributed by atoms with van der Waals surface area (Å²) in [5.74, 6) is -0.483. The van der Waals surface area contributed by atoms with Gasteiger partial charge in [-0.05, 0) is 54.9 Å². The largest absolute Gasteiger partial charge is 0.465 e. The molecule has 0 radical (unpaired) electrons. The highest BCUT2D eigenvalue weighted by Crippen LogP contribution is 2.11. The third-order valence-electron chi connectivity index (χ3n) is 3.60. The Kier molecular flexibility index (Phi) is 7.44. The smallest absolute Gasteiger partial charge is 0.337 e. The van der Waals surface area contributed by atoms with Gasteiger partial charge in [-0.25, -0.2) is 4.79 Å². The van der Waals surface area contributed by atoms with Gasteiger partial charge in [0.2, 0.25) is 5.91 Å². The molecule has 0 aliphatic rings. The molecular weight excluding hydrogens is 340 g/mol. The number of carbonyl (C=O) groups is 2. The Morgan fingerprint density at radius 3 is 2.52 bits per heavy atom. The van der Waals surface area contributed by atoms with Gasteiger partial charge in [0.1, 0.15) is 0 Å². The average molecular weight is 361 g/mol. The summed E-state index contributed by atoms with van der Waals surface area (Å²) in [5, 5.41) is 6.76. The Bertz CT molecular complexity index is 717. The van der Waals surface area contributed by atoms with E-state index >= 15 is 0 Å². The van der Waals surface area contributed by atoms with Gasteiger partial charge < -0.3 is 15.4 Å². The molecule has 0 spiro atoms. The molecule has 0 aliphatic heterocycles. The van der Waals surface area contributed by atoms with Crippen molar-refractivity contribution >= 4 is 29.2 Å². The summed E-state index contributed by atoms with van der Waals surface area (Å²) < 4.78 is 4.63. The summed E-state index contributed by atoms with van der Waals surface area (Å²) >= 11 is 5.94. The van der Waals surface area contributed by atoms with Crippen molar-refractivity contribution in [2.24, 2.45) is 0 Å². The second-order valence-electron chi connectivity index (χ2n) is 5.50. The van der Waals surface area contributed by atoms with E-state index in [2.05, 4.69) is 15.4 Å². The lowest BCUT2D eigenvalue weighted by Crippen LogP contribution is -2.23. The zero-order valence-corrected chi connectivity index (χ0v) is 14.8. The van der Waals surface area contributed by atoms with Crippen molar-refractivity contribution in [3.05, 3.63) is 64.7 Å². The van der Waals surface area contributed by atoms with Crippen LogP contribution in [0, 0.1) is 0 Å². The average Bonchev–Trinajstić information content (AvgIpc) is 2.61. The number of carbonyl (C=O) groups excluding carboxylic acids is 2. The molecule has 1 amide bonds. The standard InChI is InChI=1S/C19H21ClN2O3/c1-25-19(24)15-5-7-17(8-6-15)22-18(23)10-12-21-11-9-14-3-2-4-16(20)13-14/h2-8,13,21H,9-12H2,1H3,(H,22,23).